The average Bonchev–Trinajstić information content (AvgIpc) is 3.07. The van der Waals surface area contributed by atoms with Gasteiger partial charge in [-0.2, -0.15) is 0 Å². The van der Waals surface area contributed by atoms with Crippen LogP contribution in [0.1, 0.15) is 10.6 Å². The quantitative estimate of drug-likeness (QED) is 0.930. The van der Waals surface area contributed by atoms with Crippen LogP contribution in [-0.4, -0.2) is 46.7 Å². The summed E-state index contributed by atoms with van der Waals surface area (Å²) in [4.78, 5) is 27.7. The van der Waals surface area contributed by atoms with Crippen LogP contribution in [-0.2, 0) is 4.79 Å². The fourth-order valence-corrected chi connectivity index (χ4v) is 2.98. The van der Waals surface area contributed by atoms with Gasteiger partial charge in [0.05, 0.1) is 0 Å². The number of aromatic nitrogens is 2. The van der Waals surface area contributed by atoms with Crippen LogP contribution in [0.4, 0.5) is 15.6 Å². The minimum Gasteiger partial charge on any atom is -0.313 e. The lowest BCUT2D eigenvalue weighted by Gasteiger charge is -2.18. The van der Waals surface area contributed by atoms with Crippen molar-refractivity contribution in [2.75, 3.05) is 29.9 Å². The lowest BCUT2D eigenvalue weighted by atomic mass is 10.2. The van der Waals surface area contributed by atoms with Gasteiger partial charge in [0.2, 0.25) is 11.0 Å². The second kappa shape index (κ2) is 6.33. The van der Waals surface area contributed by atoms with Gasteiger partial charge in [0.25, 0.3) is 0 Å². The molecule has 2 aromatic rings. The Labute approximate surface area is 137 Å². The number of hydrogen-bond donors (Lipinski definition) is 1. The summed E-state index contributed by atoms with van der Waals surface area (Å²) in [6, 6.07) is 7.62. The van der Waals surface area contributed by atoms with E-state index in [-0.39, 0.29) is 18.5 Å². The fraction of sp³-hybridized carbons (Fsp3) is 0.333. The third kappa shape index (κ3) is 3.48. The van der Waals surface area contributed by atoms with Crippen molar-refractivity contribution in [2.45, 2.75) is 13.8 Å². The van der Waals surface area contributed by atoms with E-state index in [1.165, 1.54) is 16.2 Å². The van der Waals surface area contributed by atoms with Crippen LogP contribution in [0.15, 0.2) is 24.3 Å². The maximum atomic E-state index is 12.4. The lowest BCUT2D eigenvalue weighted by Crippen LogP contribution is -2.37. The molecule has 1 aromatic carbocycles. The molecule has 0 bridgehead atoms. The van der Waals surface area contributed by atoms with Gasteiger partial charge in [-0.1, -0.05) is 29.0 Å². The Morgan fingerprint density at radius 1 is 1.22 bits per heavy atom. The number of carbonyl (C=O) groups excluding carboxylic acids is 2. The minimum atomic E-state index is -0.264. The molecule has 1 aromatic heterocycles. The molecule has 7 nitrogen and oxygen atoms in total. The largest absolute Gasteiger partial charge is 0.325 e. The summed E-state index contributed by atoms with van der Waals surface area (Å²) in [5.41, 5.74) is 1.99. The van der Waals surface area contributed by atoms with Crippen molar-refractivity contribution in [1.82, 2.24) is 15.1 Å². The van der Waals surface area contributed by atoms with Crippen molar-refractivity contribution in [3.05, 3.63) is 34.8 Å². The lowest BCUT2D eigenvalue weighted by molar-refractivity contribution is -0.116. The van der Waals surface area contributed by atoms with E-state index in [4.69, 9.17) is 0 Å². The smallest absolute Gasteiger partial charge is 0.313 e. The van der Waals surface area contributed by atoms with Crippen molar-refractivity contribution in [2.24, 2.45) is 0 Å². The summed E-state index contributed by atoms with van der Waals surface area (Å²) in [5.74, 6) is -0.264. The Kier molecular flexibility index (Phi) is 4.24. The number of rotatable bonds is 4. The van der Waals surface area contributed by atoms with E-state index < -0.39 is 0 Å². The first kappa shape index (κ1) is 15.4. The molecule has 0 radical (unpaired) electrons. The molecule has 0 saturated carbocycles. The summed E-state index contributed by atoms with van der Waals surface area (Å²) in [5, 5.41) is 11.6. The molecule has 1 aliphatic heterocycles. The molecule has 1 aliphatic rings. The number of urea groups is 1. The van der Waals surface area contributed by atoms with Crippen molar-refractivity contribution in [3.63, 3.8) is 0 Å². The number of aryl methyl sites for hydroxylation is 2. The van der Waals surface area contributed by atoms with Crippen LogP contribution < -0.4 is 10.2 Å². The molecule has 0 spiro atoms. The SMILES string of the molecule is Cc1ccc(N2CCN(CC(=O)Nc3nnc(C)s3)C2=O)cc1. The van der Waals surface area contributed by atoms with Gasteiger partial charge in [-0.15, -0.1) is 10.2 Å². The zero-order chi connectivity index (χ0) is 16.4. The summed E-state index contributed by atoms with van der Waals surface area (Å²) in [6.07, 6.45) is 0. The van der Waals surface area contributed by atoms with Gasteiger partial charge in [-0.05, 0) is 26.0 Å². The molecule has 23 heavy (non-hydrogen) atoms. The van der Waals surface area contributed by atoms with Crippen LogP contribution >= 0.6 is 11.3 Å². The van der Waals surface area contributed by atoms with E-state index in [1.54, 1.807) is 4.90 Å². The standard InChI is InChI=1S/C15H17N5O2S/c1-10-3-5-12(6-4-10)20-8-7-19(15(20)22)9-13(21)16-14-18-17-11(2)23-14/h3-6H,7-9H2,1-2H3,(H,16,18,21). The number of benzene rings is 1. The Bertz CT molecular complexity index is 728. The van der Waals surface area contributed by atoms with Gasteiger partial charge < -0.3 is 4.90 Å². The molecule has 3 rings (SSSR count). The number of anilines is 2. The molecule has 1 N–H and O–H groups in total. The van der Waals surface area contributed by atoms with Crippen molar-refractivity contribution >= 4 is 34.1 Å². The first-order chi connectivity index (χ1) is 11.0. The third-order valence-corrected chi connectivity index (χ3v) is 4.30. The van der Waals surface area contributed by atoms with Crippen LogP contribution in [0.2, 0.25) is 0 Å². The molecule has 120 valence electrons. The average molecular weight is 331 g/mol. The van der Waals surface area contributed by atoms with Gasteiger partial charge in [0, 0.05) is 18.8 Å². The highest BCUT2D eigenvalue weighted by Crippen LogP contribution is 2.21. The molecular formula is C15H17N5O2S. The van der Waals surface area contributed by atoms with E-state index in [0.717, 1.165) is 16.3 Å². The van der Waals surface area contributed by atoms with Crippen LogP contribution in [0.5, 0.6) is 0 Å². The molecule has 2 heterocycles. The third-order valence-electron chi connectivity index (χ3n) is 3.55. The fourth-order valence-electron chi connectivity index (χ4n) is 2.37. The second-order valence-electron chi connectivity index (χ2n) is 5.37. The van der Waals surface area contributed by atoms with Crippen LogP contribution in [0.25, 0.3) is 0 Å². The van der Waals surface area contributed by atoms with E-state index in [1.807, 2.05) is 38.1 Å². The Morgan fingerprint density at radius 3 is 2.61 bits per heavy atom. The van der Waals surface area contributed by atoms with Crippen LogP contribution in [0, 0.1) is 13.8 Å². The predicted molar refractivity (Wildman–Crippen MR) is 88.8 cm³/mol. The molecule has 3 amide bonds. The molecule has 1 fully saturated rings. The summed E-state index contributed by atoms with van der Waals surface area (Å²) >= 11 is 1.31. The minimum absolute atomic E-state index is 0.0137. The maximum absolute atomic E-state index is 12.4. The molecular weight excluding hydrogens is 314 g/mol. The number of hydrogen-bond acceptors (Lipinski definition) is 5. The first-order valence-corrected chi connectivity index (χ1v) is 8.07. The highest BCUT2D eigenvalue weighted by Gasteiger charge is 2.30. The number of carbonyl (C=O) groups is 2. The zero-order valence-electron chi connectivity index (χ0n) is 12.9. The normalized spacial score (nSPS) is 14.4. The maximum Gasteiger partial charge on any atom is 0.325 e. The van der Waals surface area contributed by atoms with Crippen molar-refractivity contribution in [1.29, 1.82) is 0 Å². The molecule has 0 aliphatic carbocycles. The van der Waals surface area contributed by atoms with Gasteiger partial charge in [0.1, 0.15) is 11.6 Å². The zero-order valence-corrected chi connectivity index (χ0v) is 13.8. The summed E-state index contributed by atoms with van der Waals surface area (Å²) in [7, 11) is 0. The predicted octanol–water partition coefficient (Wildman–Crippen LogP) is 2.04. The second-order valence-corrected chi connectivity index (χ2v) is 6.55. The van der Waals surface area contributed by atoms with Gasteiger partial charge in [-0.25, -0.2) is 4.79 Å². The van der Waals surface area contributed by atoms with Crippen LogP contribution in [0.3, 0.4) is 0 Å². The van der Waals surface area contributed by atoms with Gasteiger partial charge >= 0.3 is 6.03 Å². The van der Waals surface area contributed by atoms with E-state index in [2.05, 4.69) is 15.5 Å². The van der Waals surface area contributed by atoms with E-state index in [9.17, 15) is 9.59 Å². The number of amides is 3. The van der Waals surface area contributed by atoms with E-state index in [0.29, 0.717) is 18.2 Å². The Balaban J connectivity index is 1.60. The molecule has 0 atom stereocenters. The van der Waals surface area contributed by atoms with Gasteiger partial charge in [0.15, 0.2) is 0 Å². The molecule has 8 heteroatoms. The highest BCUT2D eigenvalue weighted by atomic mass is 32.1. The number of nitrogens with zero attached hydrogens (tertiary/aromatic N) is 4. The summed E-state index contributed by atoms with van der Waals surface area (Å²) < 4.78 is 0. The first-order valence-electron chi connectivity index (χ1n) is 7.26. The topological polar surface area (TPSA) is 78.4 Å². The van der Waals surface area contributed by atoms with Crippen molar-refractivity contribution < 1.29 is 9.59 Å². The van der Waals surface area contributed by atoms with Gasteiger partial charge in [-0.3, -0.25) is 15.0 Å². The van der Waals surface area contributed by atoms with Crippen molar-refractivity contribution in [3.8, 4) is 0 Å². The summed E-state index contributed by atoms with van der Waals surface area (Å²) in [6.45, 7) is 4.93. The van der Waals surface area contributed by atoms with E-state index >= 15 is 0 Å². The molecule has 1 saturated heterocycles. The highest BCUT2D eigenvalue weighted by molar-refractivity contribution is 7.15. The Hall–Kier alpha value is -2.48. The number of nitrogens with one attached hydrogen (secondary N) is 1. The monoisotopic (exact) mass is 331 g/mol. The Morgan fingerprint density at radius 2 is 1.96 bits per heavy atom. The molecule has 0 unspecified atom stereocenters.